The summed E-state index contributed by atoms with van der Waals surface area (Å²) in [4.78, 5) is 5.11. The van der Waals surface area contributed by atoms with Crippen LogP contribution in [-0.2, 0) is 0 Å². The summed E-state index contributed by atoms with van der Waals surface area (Å²) < 4.78 is 0. The lowest BCUT2D eigenvalue weighted by Gasteiger charge is -2.13. The van der Waals surface area contributed by atoms with Gasteiger partial charge in [-0.3, -0.25) is 4.90 Å². The van der Waals surface area contributed by atoms with Crippen molar-refractivity contribution in [3.05, 3.63) is 0 Å². The molecule has 1 heterocycles. The molecule has 0 aromatic rings. The highest BCUT2D eigenvalue weighted by atomic mass is 16.3. The zero-order chi connectivity index (χ0) is 6.69. The topological polar surface area (TPSA) is 37.0 Å². The molecule has 2 N–H and O–H groups in total. The van der Waals surface area contributed by atoms with Crippen molar-refractivity contribution in [3.8, 4) is 0 Å². The number of hydrogen-bond donors (Lipinski definition) is 2. The minimum atomic E-state index is -0.240. The van der Waals surface area contributed by atoms with E-state index in [-0.39, 0.29) is 6.23 Å². The number of aliphatic imine (C=N–C) groups is 1. The van der Waals surface area contributed by atoms with E-state index >= 15 is 0 Å². The number of nitrogens with zero attached hydrogens (tertiary/aromatic N) is 1. The van der Waals surface area contributed by atoms with Crippen LogP contribution in [0.15, 0.2) is 4.99 Å². The number of rotatable bonds is 2. The van der Waals surface area contributed by atoms with Gasteiger partial charge in [-0.1, -0.05) is 6.92 Å². The first kappa shape index (κ1) is 6.71. The van der Waals surface area contributed by atoms with Gasteiger partial charge in [0.1, 0.15) is 6.54 Å². The van der Waals surface area contributed by atoms with Gasteiger partial charge in [0.05, 0.1) is 6.54 Å². The minimum absolute atomic E-state index is 0.240. The lowest BCUT2D eigenvalue weighted by Crippen LogP contribution is -3.14. The Labute approximate surface area is 55.0 Å². The minimum Gasteiger partial charge on any atom is -0.344 e. The second kappa shape index (κ2) is 2.94. The Kier molecular flexibility index (Phi) is 2.19. The van der Waals surface area contributed by atoms with Gasteiger partial charge in [-0.25, -0.2) is 4.99 Å². The van der Waals surface area contributed by atoms with E-state index in [4.69, 9.17) is 0 Å². The molecule has 0 saturated heterocycles. The van der Waals surface area contributed by atoms with Crippen LogP contribution in [0.25, 0.3) is 0 Å². The van der Waals surface area contributed by atoms with Crippen molar-refractivity contribution in [1.82, 2.24) is 0 Å². The predicted octanol–water partition coefficient (Wildman–Crippen LogP) is -1.36. The van der Waals surface area contributed by atoms with E-state index < -0.39 is 0 Å². The first-order valence-electron chi connectivity index (χ1n) is 3.38. The highest BCUT2D eigenvalue weighted by Gasteiger charge is 2.17. The molecular weight excluding hydrogens is 116 g/mol. The van der Waals surface area contributed by atoms with Crippen LogP contribution < -0.4 is 4.90 Å². The third-order valence-corrected chi connectivity index (χ3v) is 1.60. The largest absolute Gasteiger partial charge is 0.344 e. The number of nitrogens with one attached hydrogen (secondary N) is 1. The van der Waals surface area contributed by atoms with Crippen molar-refractivity contribution >= 4 is 6.34 Å². The molecule has 0 saturated carbocycles. The van der Waals surface area contributed by atoms with Gasteiger partial charge in [0.25, 0.3) is 0 Å². The molecule has 3 heteroatoms. The van der Waals surface area contributed by atoms with Gasteiger partial charge < -0.3 is 5.11 Å². The SMILES string of the molecule is CCC(O)[NH+]1C=NCC1. The van der Waals surface area contributed by atoms with Crippen molar-refractivity contribution in [2.75, 3.05) is 13.1 Å². The molecule has 2 unspecified atom stereocenters. The van der Waals surface area contributed by atoms with E-state index in [0.29, 0.717) is 0 Å². The summed E-state index contributed by atoms with van der Waals surface area (Å²) in [5.74, 6) is 0. The number of aliphatic hydroxyl groups excluding tert-OH is 1. The van der Waals surface area contributed by atoms with Crippen LogP contribution in [0.3, 0.4) is 0 Å². The second-order valence-corrected chi connectivity index (χ2v) is 2.28. The van der Waals surface area contributed by atoms with E-state index in [2.05, 4.69) is 4.99 Å². The molecule has 9 heavy (non-hydrogen) atoms. The summed E-state index contributed by atoms with van der Waals surface area (Å²) in [5, 5.41) is 9.23. The summed E-state index contributed by atoms with van der Waals surface area (Å²) in [6.07, 6.45) is 2.37. The molecule has 2 atom stereocenters. The van der Waals surface area contributed by atoms with Crippen LogP contribution in [0, 0.1) is 0 Å². The molecule has 0 amide bonds. The third kappa shape index (κ3) is 1.50. The third-order valence-electron chi connectivity index (χ3n) is 1.60. The molecule has 1 aliphatic heterocycles. The van der Waals surface area contributed by atoms with Crippen molar-refractivity contribution in [3.63, 3.8) is 0 Å². The van der Waals surface area contributed by atoms with E-state index in [9.17, 15) is 5.11 Å². The number of aliphatic hydroxyl groups is 1. The van der Waals surface area contributed by atoms with E-state index in [1.807, 2.05) is 6.92 Å². The number of quaternary nitrogens is 1. The van der Waals surface area contributed by atoms with E-state index in [1.54, 1.807) is 6.34 Å². The maximum Gasteiger partial charge on any atom is 0.194 e. The summed E-state index contributed by atoms with van der Waals surface area (Å²) >= 11 is 0. The number of hydrogen-bond acceptors (Lipinski definition) is 2. The molecule has 0 spiro atoms. The Morgan fingerprint density at radius 3 is 3.11 bits per heavy atom. The zero-order valence-electron chi connectivity index (χ0n) is 5.67. The first-order chi connectivity index (χ1) is 4.34. The molecule has 1 aliphatic rings. The summed E-state index contributed by atoms with van der Waals surface area (Å²) in [7, 11) is 0. The molecule has 0 aromatic carbocycles. The molecule has 0 aliphatic carbocycles. The van der Waals surface area contributed by atoms with Gasteiger partial charge in [0.15, 0.2) is 12.6 Å². The van der Waals surface area contributed by atoms with Crippen LogP contribution >= 0.6 is 0 Å². The zero-order valence-corrected chi connectivity index (χ0v) is 5.67. The first-order valence-corrected chi connectivity index (χ1v) is 3.38. The van der Waals surface area contributed by atoms with Gasteiger partial charge >= 0.3 is 0 Å². The Morgan fingerprint density at radius 1 is 1.89 bits per heavy atom. The van der Waals surface area contributed by atoms with Crippen molar-refractivity contribution in [2.24, 2.45) is 4.99 Å². The standard InChI is InChI=1S/C6H12N2O/c1-2-6(9)8-4-3-7-5-8/h5-6,9H,2-4H2,1H3/p+1. The molecule has 0 aromatic heterocycles. The van der Waals surface area contributed by atoms with E-state index in [1.165, 1.54) is 0 Å². The van der Waals surface area contributed by atoms with Gasteiger partial charge in [-0.15, -0.1) is 0 Å². The van der Waals surface area contributed by atoms with Gasteiger partial charge in [0, 0.05) is 6.42 Å². The molecule has 0 radical (unpaired) electrons. The van der Waals surface area contributed by atoms with Crippen molar-refractivity contribution in [1.29, 1.82) is 0 Å². The van der Waals surface area contributed by atoms with Gasteiger partial charge in [-0.2, -0.15) is 0 Å². The maximum atomic E-state index is 9.23. The Bertz CT molecular complexity index is 114. The lowest BCUT2D eigenvalue weighted by molar-refractivity contribution is -0.848. The molecule has 3 nitrogen and oxygen atoms in total. The Balaban J connectivity index is 2.33. The summed E-state index contributed by atoms with van der Waals surface area (Å²) in [6.45, 7) is 3.80. The normalized spacial score (nSPS) is 28.9. The average Bonchev–Trinajstić information content (AvgIpc) is 2.37. The molecule has 0 bridgehead atoms. The maximum absolute atomic E-state index is 9.23. The fourth-order valence-electron chi connectivity index (χ4n) is 0.955. The summed E-state index contributed by atoms with van der Waals surface area (Å²) in [5.41, 5.74) is 0. The molecule has 1 rings (SSSR count). The monoisotopic (exact) mass is 129 g/mol. The van der Waals surface area contributed by atoms with Crippen LogP contribution in [0.5, 0.6) is 0 Å². The fourth-order valence-corrected chi connectivity index (χ4v) is 0.955. The highest BCUT2D eigenvalue weighted by molar-refractivity contribution is 5.44. The second-order valence-electron chi connectivity index (χ2n) is 2.28. The van der Waals surface area contributed by atoms with Crippen molar-refractivity contribution in [2.45, 2.75) is 19.6 Å². The highest BCUT2D eigenvalue weighted by Crippen LogP contribution is 1.79. The predicted molar refractivity (Wildman–Crippen MR) is 35.5 cm³/mol. The van der Waals surface area contributed by atoms with Crippen molar-refractivity contribution < 1.29 is 10.0 Å². The van der Waals surface area contributed by atoms with Crippen LogP contribution in [0.4, 0.5) is 0 Å². The van der Waals surface area contributed by atoms with Gasteiger partial charge in [-0.05, 0) is 0 Å². The van der Waals surface area contributed by atoms with Crippen LogP contribution in [0.2, 0.25) is 0 Å². The quantitative estimate of drug-likeness (QED) is 0.475. The smallest absolute Gasteiger partial charge is 0.194 e. The Hall–Kier alpha value is -0.410. The van der Waals surface area contributed by atoms with Crippen LogP contribution in [0.1, 0.15) is 13.3 Å². The lowest BCUT2D eigenvalue weighted by atomic mass is 10.4. The Morgan fingerprint density at radius 2 is 2.67 bits per heavy atom. The molecule has 0 fully saturated rings. The molecular formula is C6H13N2O+. The average molecular weight is 129 g/mol. The fraction of sp³-hybridized carbons (Fsp3) is 0.833. The molecule has 52 valence electrons. The van der Waals surface area contributed by atoms with Crippen LogP contribution in [-0.4, -0.2) is 30.8 Å². The van der Waals surface area contributed by atoms with E-state index in [0.717, 1.165) is 24.4 Å². The van der Waals surface area contributed by atoms with Gasteiger partial charge in [0.2, 0.25) is 0 Å². The summed E-state index contributed by atoms with van der Waals surface area (Å²) in [6, 6.07) is 0.